The first-order chi connectivity index (χ1) is 9.23. The molecule has 0 spiro atoms. The van der Waals surface area contributed by atoms with Crippen molar-refractivity contribution in [3.63, 3.8) is 0 Å². The highest BCUT2D eigenvalue weighted by atomic mass is 16.5. The molecule has 4 heteroatoms. The summed E-state index contributed by atoms with van der Waals surface area (Å²) in [5.74, 6) is 1.43. The van der Waals surface area contributed by atoms with Crippen LogP contribution in [-0.2, 0) is 6.42 Å². The van der Waals surface area contributed by atoms with E-state index in [1.807, 2.05) is 19.2 Å². The van der Waals surface area contributed by atoms with Crippen molar-refractivity contribution in [1.82, 2.24) is 4.98 Å². The SMILES string of the molecule is CCCc1cc(NC)c2cc(OC)c(OC)cc2n1. The molecule has 0 saturated heterocycles. The Morgan fingerprint density at radius 3 is 2.37 bits per heavy atom. The van der Waals surface area contributed by atoms with Crippen LogP contribution in [0.15, 0.2) is 18.2 Å². The molecule has 2 rings (SSSR count). The second-order valence-electron chi connectivity index (χ2n) is 4.39. The first-order valence-electron chi connectivity index (χ1n) is 6.46. The number of aryl methyl sites for hydroxylation is 1. The van der Waals surface area contributed by atoms with E-state index in [1.54, 1.807) is 14.2 Å². The smallest absolute Gasteiger partial charge is 0.162 e. The molecule has 19 heavy (non-hydrogen) atoms. The van der Waals surface area contributed by atoms with E-state index in [0.717, 1.165) is 40.9 Å². The summed E-state index contributed by atoms with van der Waals surface area (Å²) in [4.78, 5) is 4.68. The van der Waals surface area contributed by atoms with Crippen LogP contribution in [0.25, 0.3) is 10.9 Å². The van der Waals surface area contributed by atoms with Crippen molar-refractivity contribution in [2.45, 2.75) is 19.8 Å². The van der Waals surface area contributed by atoms with Crippen LogP contribution in [0.1, 0.15) is 19.0 Å². The molecule has 0 amide bonds. The van der Waals surface area contributed by atoms with Gasteiger partial charge in [-0.05, 0) is 18.6 Å². The number of aromatic nitrogens is 1. The Bertz CT molecular complexity index is 582. The van der Waals surface area contributed by atoms with Crippen LogP contribution in [0, 0.1) is 0 Å². The number of benzene rings is 1. The Hall–Kier alpha value is -1.97. The van der Waals surface area contributed by atoms with Crippen molar-refractivity contribution < 1.29 is 9.47 Å². The van der Waals surface area contributed by atoms with E-state index in [2.05, 4.69) is 23.3 Å². The molecule has 1 aromatic heterocycles. The molecular weight excluding hydrogens is 240 g/mol. The summed E-state index contributed by atoms with van der Waals surface area (Å²) < 4.78 is 10.7. The van der Waals surface area contributed by atoms with Crippen molar-refractivity contribution in [2.24, 2.45) is 0 Å². The van der Waals surface area contributed by atoms with Gasteiger partial charge in [0.1, 0.15) is 0 Å². The maximum atomic E-state index is 5.34. The average Bonchev–Trinajstić information content (AvgIpc) is 2.45. The summed E-state index contributed by atoms with van der Waals surface area (Å²) in [6, 6.07) is 5.98. The van der Waals surface area contributed by atoms with Gasteiger partial charge in [0, 0.05) is 29.9 Å². The van der Waals surface area contributed by atoms with Gasteiger partial charge in [0.05, 0.1) is 19.7 Å². The minimum Gasteiger partial charge on any atom is -0.493 e. The van der Waals surface area contributed by atoms with Gasteiger partial charge in [0.15, 0.2) is 11.5 Å². The molecule has 0 radical (unpaired) electrons. The number of ether oxygens (including phenoxy) is 2. The van der Waals surface area contributed by atoms with Crippen LogP contribution in [0.4, 0.5) is 5.69 Å². The normalized spacial score (nSPS) is 10.5. The Morgan fingerprint density at radius 2 is 1.79 bits per heavy atom. The first-order valence-corrected chi connectivity index (χ1v) is 6.46. The van der Waals surface area contributed by atoms with Gasteiger partial charge < -0.3 is 14.8 Å². The van der Waals surface area contributed by atoms with Crippen molar-refractivity contribution in [3.05, 3.63) is 23.9 Å². The Balaban J connectivity index is 2.67. The van der Waals surface area contributed by atoms with Gasteiger partial charge in [-0.25, -0.2) is 0 Å². The van der Waals surface area contributed by atoms with Crippen LogP contribution in [0.2, 0.25) is 0 Å². The van der Waals surface area contributed by atoms with Crippen molar-refractivity contribution >= 4 is 16.6 Å². The summed E-state index contributed by atoms with van der Waals surface area (Å²) in [6.45, 7) is 2.15. The molecule has 2 aromatic rings. The van der Waals surface area contributed by atoms with Gasteiger partial charge in [-0.1, -0.05) is 13.3 Å². The van der Waals surface area contributed by atoms with Gasteiger partial charge in [-0.15, -0.1) is 0 Å². The number of anilines is 1. The molecule has 0 fully saturated rings. The fraction of sp³-hybridized carbons (Fsp3) is 0.400. The second-order valence-corrected chi connectivity index (χ2v) is 4.39. The van der Waals surface area contributed by atoms with Crippen molar-refractivity contribution in [3.8, 4) is 11.5 Å². The monoisotopic (exact) mass is 260 g/mol. The molecule has 1 N–H and O–H groups in total. The topological polar surface area (TPSA) is 43.4 Å². The summed E-state index contributed by atoms with van der Waals surface area (Å²) in [5.41, 5.74) is 3.08. The molecule has 0 aliphatic heterocycles. The highest BCUT2D eigenvalue weighted by Crippen LogP contribution is 2.34. The lowest BCUT2D eigenvalue weighted by atomic mass is 10.1. The van der Waals surface area contributed by atoms with Crippen LogP contribution in [-0.4, -0.2) is 26.3 Å². The Morgan fingerprint density at radius 1 is 1.11 bits per heavy atom. The van der Waals surface area contributed by atoms with Crippen molar-refractivity contribution in [2.75, 3.05) is 26.6 Å². The third-order valence-corrected chi connectivity index (χ3v) is 3.14. The van der Waals surface area contributed by atoms with Crippen LogP contribution in [0.3, 0.4) is 0 Å². The van der Waals surface area contributed by atoms with E-state index in [9.17, 15) is 0 Å². The summed E-state index contributed by atoms with van der Waals surface area (Å²) in [6.07, 6.45) is 2.05. The fourth-order valence-corrected chi connectivity index (χ4v) is 2.20. The predicted molar refractivity (Wildman–Crippen MR) is 78.4 cm³/mol. The lowest BCUT2D eigenvalue weighted by Gasteiger charge is -2.13. The number of rotatable bonds is 5. The van der Waals surface area contributed by atoms with E-state index in [1.165, 1.54) is 0 Å². The predicted octanol–water partition coefficient (Wildman–Crippen LogP) is 3.25. The lowest BCUT2D eigenvalue weighted by Crippen LogP contribution is -1.98. The molecule has 1 aromatic carbocycles. The summed E-state index contributed by atoms with van der Waals surface area (Å²) >= 11 is 0. The molecule has 4 nitrogen and oxygen atoms in total. The Labute approximate surface area is 113 Å². The Kier molecular flexibility index (Phi) is 4.10. The quantitative estimate of drug-likeness (QED) is 0.896. The number of nitrogens with zero attached hydrogens (tertiary/aromatic N) is 1. The largest absolute Gasteiger partial charge is 0.493 e. The zero-order chi connectivity index (χ0) is 13.8. The van der Waals surface area contributed by atoms with Gasteiger partial charge in [0.2, 0.25) is 0 Å². The summed E-state index contributed by atoms with van der Waals surface area (Å²) in [5, 5.41) is 4.26. The van der Waals surface area contributed by atoms with Crippen LogP contribution < -0.4 is 14.8 Å². The molecule has 0 bridgehead atoms. The zero-order valence-corrected chi connectivity index (χ0v) is 11.9. The molecule has 1 heterocycles. The molecule has 0 saturated carbocycles. The molecular formula is C15H20N2O2. The maximum absolute atomic E-state index is 5.34. The highest BCUT2D eigenvalue weighted by Gasteiger charge is 2.11. The van der Waals surface area contributed by atoms with Gasteiger partial charge in [0.25, 0.3) is 0 Å². The number of fused-ring (bicyclic) bond motifs is 1. The van der Waals surface area contributed by atoms with Gasteiger partial charge >= 0.3 is 0 Å². The maximum Gasteiger partial charge on any atom is 0.162 e. The van der Waals surface area contributed by atoms with Crippen molar-refractivity contribution in [1.29, 1.82) is 0 Å². The number of hydrogen-bond donors (Lipinski definition) is 1. The minimum atomic E-state index is 0.707. The van der Waals surface area contributed by atoms with Gasteiger partial charge in [-0.3, -0.25) is 4.98 Å². The minimum absolute atomic E-state index is 0.707. The van der Waals surface area contributed by atoms with E-state index in [-0.39, 0.29) is 0 Å². The van der Waals surface area contributed by atoms with Crippen LogP contribution >= 0.6 is 0 Å². The van der Waals surface area contributed by atoms with Crippen LogP contribution in [0.5, 0.6) is 11.5 Å². The van der Waals surface area contributed by atoms with E-state index >= 15 is 0 Å². The standard InChI is InChI=1S/C15H20N2O2/c1-5-6-10-7-12(16-2)11-8-14(18-3)15(19-4)9-13(11)17-10/h7-9H,5-6H2,1-4H3,(H,16,17). The summed E-state index contributed by atoms with van der Waals surface area (Å²) in [7, 11) is 5.20. The van der Waals surface area contributed by atoms with Gasteiger partial charge in [-0.2, -0.15) is 0 Å². The lowest BCUT2D eigenvalue weighted by molar-refractivity contribution is 0.356. The number of hydrogen-bond acceptors (Lipinski definition) is 4. The number of nitrogens with one attached hydrogen (secondary N) is 1. The molecule has 102 valence electrons. The molecule has 0 aliphatic rings. The second kappa shape index (κ2) is 5.78. The molecule has 0 aliphatic carbocycles. The van der Waals surface area contributed by atoms with E-state index in [4.69, 9.17) is 9.47 Å². The third kappa shape index (κ3) is 2.57. The molecule has 0 unspecified atom stereocenters. The first kappa shape index (κ1) is 13.5. The average molecular weight is 260 g/mol. The molecule has 0 atom stereocenters. The third-order valence-electron chi connectivity index (χ3n) is 3.14. The number of pyridine rings is 1. The van der Waals surface area contributed by atoms with E-state index < -0.39 is 0 Å². The number of methoxy groups -OCH3 is 2. The highest BCUT2D eigenvalue weighted by molar-refractivity contribution is 5.93. The zero-order valence-electron chi connectivity index (χ0n) is 11.9. The fourth-order valence-electron chi connectivity index (χ4n) is 2.20. The van der Waals surface area contributed by atoms with E-state index in [0.29, 0.717) is 5.75 Å².